The van der Waals surface area contributed by atoms with Gasteiger partial charge in [0.25, 0.3) is 0 Å². The number of hydrogen-bond donors (Lipinski definition) is 0. The van der Waals surface area contributed by atoms with Crippen LogP contribution in [0.2, 0.25) is 0 Å². The van der Waals surface area contributed by atoms with Crippen molar-refractivity contribution in [2.24, 2.45) is 0 Å². The highest BCUT2D eigenvalue weighted by Crippen LogP contribution is 2.43. The Morgan fingerprint density at radius 2 is 1.17 bits per heavy atom. The van der Waals surface area contributed by atoms with Crippen LogP contribution in [0.1, 0.15) is 0 Å². The van der Waals surface area contributed by atoms with Gasteiger partial charge in [-0.1, -0.05) is 24.3 Å². The molecule has 0 unspecified atom stereocenters. The van der Waals surface area contributed by atoms with E-state index < -0.39 is 0 Å². The van der Waals surface area contributed by atoms with E-state index in [9.17, 15) is 0 Å². The minimum Gasteiger partial charge on any atom is -0.497 e. The van der Waals surface area contributed by atoms with Crippen LogP contribution in [0.25, 0.3) is 33.5 Å². The summed E-state index contributed by atoms with van der Waals surface area (Å²) in [5.74, 6) is 2.38. The molecule has 4 aromatic rings. The van der Waals surface area contributed by atoms with Crippen molar-refractivity contribution in [1.29, 1.82) is 0 Å². The van der Waals surface area contributed by atoms with Crippen LogP contribution < -0.4 is 18.9 Å². The zero-order valence-corrected chi connectivity index (χ0v) is 17.3. The fourth-order valence-corrected chi connectivity index (χ4v) is 3.39. The maximum atomic E-state index is 5.54. The number of hydrogen-bond acceptors (Lipinski definition) is 6. The number of ether oxygens (including phenoxy) is 4. The van der Waals surface area contributed by atoms with Crippen molar-refractivity contribution < 1.29 is 18.9 Å². The van der Waals surface area contributed by atoms with E-state index in [4.69, 9.17) is 28.9 Å². The van der Waals surface area contributed by atoms with E-state index in [2.05, 4.69) is 0 Å². The van der Waals surface area contributed by atoms with E-state index in [1.807, 2.05) is 60.7 Å². The van der Waals surface area contributed by atoms with Gasteiger partial charge in [-0.25, -0.2) is 9.97 Å². The number of nitrogens with zero attached hydrogens (tertiary/aromatic N) is 2. The summed E-state index contributed by atoms with van der Waals surface area (Å²) in [6.45, 7) is 0. The normalized spacial score (nSPS) is 10.7. The Morgan fingerprint density at radius 1 is 0.567 bits per heavy atom. The average molecular weight is 402 g/mol. The fourth-order valence-electron chi connectivity index (χ4n) is 3.39. The summed E-state index contributed by atoms with van der Waals surface area (Å²) < 4.78 is 21.9. The molecule has 0 bridgehead atoms. The molecule has 0 saturated carbocycles. The zero-order chi connectivity index (χ0) is 21.1. The predicted molar refractivity (Wildman–Crippen MR) is 117 cm³/mol. The lowest BCUT2D eigenvalue weighted by molar-refractivity contribution is 0.324. The van der Waals surface area contributed by atoms with E-state index in [0.717, 1.165) is 33.6 Å². The second-order valence-electron chi connectivity index (χ2n) is 6.56. The molecule has 3 aromatic carbocycles. The Bertz CT molecular complexity index is 1180. The second kappa shape index (κ2) is 8.29. The summed E-state index contributed by atoms with van der Waals surface area (Å²) in [5.41, 5.74) is 4.76. The molecule has 0 radical (unpaired) electrons. The molecule has 1 aromatic heterocycles. The van der Waals surface area contributed by atoms with Crippen LogP contribution >= 0.6 is 0 Å². The molecule has 0 fully saturated rings. The third-order valence-corrected chi connectivity index (χ3v) is 4.85. The summed E-state index contributed by atoms with van der Waals surface area (Å²) in [5, 5.41) is 0. The highest BCUT2D eigenvalue weighted by molar-refractivity contribution is 5.87. The first-order valence-corrected chi connectivity index (χ1v) is 9.40. The molecule has 0 aliphatic rings. The van der Waals surface area contributed by atoms with E-state index in [1.54, 1.807) is 28.4 Å². The van der Waals surface area contributed by atoms with E-state index >= 15 is 0 Å². The topological polar surface area (TPSA) is 62.7 Å². The largest absolute Gasteiger partial charge is 0.497 e. The van der Waals surface area contributed by atoms with E-state index in [1.165, 1.54) is 0 Å². The van der Waals surface area contributed by atoms with Crippen molar-refractivity contribution in [1.82, 2.24) is 9.97 Å². The Balaban J connectivity index is 2.02. The lowest BCUT2D eigenvalue weighted by Crippen LogP contribution is -1.99. The molecule has 0 saturated heterocycles. The van der Waals surface area contributed by atoms with Crippen LogP contribution in [0, 0.1) is 0 Å². The fraction of sp³-hybridized carbons (Fsp3) is 0.167. The minimum absolute atomic E-state index is 0.528. The van der Waals surface area contributed by atoms with Crippen LogP contribution in [0.4, 0.5) is 0 Å². The van der Waals surface area contributed by atoms with Gasteiger partial charge in [-0.2, -0.15) is 0 Å². The Kier molecular flexibility index (Phi) is 5.39. The summed E-state index contributed by atoms with van der Waals surface area (Å²) in [6.07, 6.45) is 0. The third-order valence-electron chi connectivity index (χ3n) is 4.85. The average Bonchev–Trinajstić information content (AvgIpc) is 2.82. The summed E-state index contributed by atoms with van der Waals surface area (Å²) in [4.78, 5) is 9.85. The maximum Gasteiger partial charge on any atom is 0.203 e. The van der Waals surface area contributed by atoms with Gasteiger partial charge in [-0.3, -0.25) is 0 Å². The third kappa shape index (κ3) is 3.48. The van der Waals surface area contributed by atoms with Crippen molar-refractivity contribution in [2.45, 2.75) is 0 Å². The zero-order valence-electron chi connectivity index (χ0n) is 17.3. The van der Waals surface area contributed by atoms with Crippen molar-refractivity contribution in [2.75, 3.05) is 28.4 Å². The Labute approximate surface area is 175 Å². The highest BCUT2D eigenvalue weighted by atomic mass is 16.5. The summed E-state index contributed by atoms with van der Waals surface area (Å²) in [6, 6.07) is 19.3. The van der Waals surface area contributed by atoms with Crippen molar-refractivity contribution in [3.63, 3.8) is 0 Å². The van der Waals surface area contributed by atoms with Crippen LogP contribution in [-0.4, -0.2) is 38.4 Å². The summed E-state index contributed by atoms with van der Waals surface area (Å²) in [7, 11) is 6.41. The molecule has 30 heavy (non-hydrogen) atoms. The van der Waals surface area contributed by atoms with Crippen LogP contribution in [0.15, 0.2) is 60.7 Å². The van der Waals surface area contributed by atoms with Gasteiger partial charge in [0.1, 0.15) is 5.75 Å². The van der Waals surface area contributed by atoms with Crippen molar-refractivity contribution in [3.05, 3.63) is 60.7 Å². The monoisotopic (exact) mass is 402 g/mol. The summed E-state index contributed by atoms with van der Waals surface area (Å²) >= 11 is 0. The number of methoxy groups -OCH3 is 4. The SMILES string of the molecule is COc1cccc(-c2nc3ccccc3nc2-c2cc(OC)c(OC)c(OC)c2)c1. The molecule has 152 valence electrons. The standard InChI is InChI=1S/C24H22N2O4/c1-27-17-9-7-8-15(12-17)22-23(26-19-11-6-5-10-18(19)25-22)16-13-20(28-2)24(30-4)21(14-16)29-3/h5-14H,1-4H3. The molecule has 0 aliphatic carbocycles. The first-order chi connectivity index (χ1) is 14.7. The molecule has 6 heteroatoms. The maximum absolute atomic E-state index is 5.54. The Morgan fingerprint density at radius 3 is 1.70 bits per heavy atom. The van der Waals surface area contributed by atoms with Gasteiger partial charge in [0.05, 0.1) is 50.9 Å². The number of fused-ring (bicyclic) bond motifs is 1. The predicted octanol–water partition coefficient (Wildman–Crippen LogP) is 5.00. The first kappa shape index (κ1) is 19.5. The van der Waals surface area contributed by atoms with Gasteiger partial charge in [-0.15, -0.1) is 0 Å². The quantitative estimate of drug-likeness (QED) is 0.452. The smallest absolute Gasteiger partial charge is 0.203 e. The molecular formula is C24H22N2O4. The van der Waals surface area contributed by atoms with Gasteiger partial charge in [0, 0.05) is 11.1 Å². The molecule has 0 spiro atoms. The lowest BCUT2D eigenvalue weighted by Gasteiger charge is -2.16. The van der Waals surface area contributed by atoms with Crippen molar-refractivity contribution >= 4 is 11.0 Å². The van der Waals surface area contributed by atoms with E-state index in [-0.39, 0.29) is 0 Å². The minimum atomic E-state index is 0.528. The molecule has 1 heterocycles. The van der Waals surface area contributed by atoms with Gasteiger partial charge in [-0.05, 0) is 36.4 Å². The molecule has 0 aliphatic heterocycles. The van der Waals surface area contributed by atoms with E-state index in [0.29, 0.717) is 22.9 Å². The number of benzene rings is 3. The van der Waals surface area contributed by atoms with Crippen LogP contribution in [0.3, 0.4) is 0 Å². The number of aromatic nitrogens is 2. The first-order valence-electron chi connectivity index (χ1n) is 9.40. The van der Waals surface area contributed by atoms with Gasteiger partial charge in [0.15, 0.2) is 11.5 Å². The highest BCUT2D eigenvalue weighted by Gasteiger charge is 2.19. The van der Waals surface area contributed by atoms with Gasteiger partial charge in [0.2, 0.25) is 5.75 Å². The lowest BCUT2D eigenvalue weighted by atomic mass is 10.0. The number of rotatable bonds is 6. The molecule has 0 atom stereocenters. The molecular weight excluding hydrogens is 380 g/mol. The van der Waals surface area contributed by atoms with Crippen LogP contribution in [0.5, 0.6) is 23.0 Å². The molecule has 0 amide bonds. The van der Waals surface area contributed by atoms with Crippen molar-refractivity contribution in [3.8, 4) is 45.5 Å². The van der Waals surface area contributed by atoms with Crippen LogP contribution in [-0.2, 0) is 0 Å². The molecule has 4 rings (SSSR count). The number of para-hydroxylation sites is 2. The molecule has 0 N–H and O–H groups in total. The Hall–Kier alpha value is -3.80. The van der Waals surface area contributed by atoms with Gasteiger partial charge < -0.3 is 18.9 Å². The van der Waals surface area contributed by atoms with Gasteiger partial charge >= 0.3 is 0 Å². The molecule has 6 nitrogen and oxygen atoms in total. The second-order valence-corrected chi connectivity index (χ2v) is 6.56.